The molecule has 0 spiro atoms. The van der Waals surface area contributed by atoms with Crippen molar-refractivity contribution in [2.75, 3.05) is 38.0 Å². The van der Waals surface area contributed by atoms with Crippen LogP contribution in [0.5, 0.6) is 0 Å². The van der Waals surface area contributed by atoms with Gasteiger partial charge in [0, 0.05) is 45.1 Å². The van der Waals surface area contributed by atoms with Gasteiger partial charge in [-0.1, -0.05) is 60.7 Å². The first-order chi connectivity index (χ1) is 15.4. The van der Waals surface area contributed by atoms with E-state index >= 15 is 0 Å². The first-order valence-corrected chi connectivity index (χ1v) is 10.7. The zero-order valence-electron chi connectivity index (χ0n) is 19.0. The summed E-state index contributed by atoms with van der Waals surface area (Å²) in [4.78, 5) is 16.9. The maximum absolute atomic E-state index is 12.7. The van der Waals surface area contributed by atoms with Crippen LogP contribution in [0, 0.1) is 0 Å². The first kappa shape index (κ1) is 21.4. The minimum Gasteiger partial charge on any atom is -0.378 e. The van der Waals surface area contributed by atoms with Gasteiger partial charge in [0.05, 0.1) is 0 Å². The van der Waals surface area contributed by atoms with Gasteiger partial charge < -0.3 is 9.80 Å². The van der Waals surface area contributed by atoms with Gasteiger partial charge in [-0.05, 0) is 64.2 Å². The summed E-state index contributed by atoms with van der Waals surface area (Å²) in [5.41, 5.74) is 8.35. The Bertz CT molecular complexity index is 1160. The molecule has 1 aliphatic carbocycles. The molecule has 0 unspecified atom stereocenters. The molecule has 160 valence electrons. The smallest absolute Gasteiger partial charge is 0.186 e. The van der Waals surface area contributed by atoms with E-state index in [4.69, 9.17) is 0 Å². The Labute approximate surface area is 190 Å². The third-order valence-electron chi connectivity index (χ3n) is 5.74. The van der Waals surface area contributed by atoms with Crippen LogP contribution in [0.2, 0.25) is 0 Å². The number of benzene rings is 3. The molecular formula is C29H28N2O. The fourth-order valence-corrected chi connectivity index (χ4v) is 3.85. The Morgan fingerprint density at radius 3 is 1.75 bits per heavy atom. The van der Waals surface area contributed by atoms with E-state index in [1.807, 2.05) is 64.6 Å². The van der Waals surface area contributed by atoms with E-state index in [0.29, 0.717) is 0 Å². The number of hydrogen-bond acceptors (Lipinski definition) is 3. The van der Waals surface area contributed by atoms with E-state index in [-0.39, 0.29) is 5.78 Å². The maximum Gasteiger partial charge on any atom is 0.186 e. The fourth-order valence-electron chi connectivity index (χ4n) is 3.85. The highest BCUT2D eigenvalue weighted by atomic mass is 16.1. The molecule has 0 N–H and O–H groups in total. The van der Waals surface area contributed by atoms with Gasteiger partial charge >= 0.3 is 0 Å². The molecule has 0 saturated carbocycles. The lowest BCUT2D eigenvalue weighted by molar-refractivity contribution is -0.109. The minimum atomic E-state index is 0.0326. The summed E-state index contributed by atoms with van der Waals surface area (Å²) >= 11 is 0. The van der Waals surface area contributed by atoms with Crippen molar-refractivity contribution in [2.45, 2.75) is 0 Å². The fraction of sp³-hybridized carbons (Fsp3) is 0.138. The highest BCUT2D eigenvalue weighted by Gasteiger charge is 2.16. The molecule has 0 amide bonds. The van der Waals surface area contributed by atoms with Crippen LogP contribution in [0.15, 0.2) is 91.0 Å². The van der Waals surface area contributed by atoms with Crippen molar-refractivity contribution in [1.29, 1.82) is 0 Å². The molecule has 0 heterocycles. The van der Waals surface area contributed by atoms with Crippen molar-refractivity contribution in [3.63, 3.8) is 0 Å². The monoisotopic (exact) mass is 420 g/mol. The van der Waals surface area contributed by atoms with E-state index in [1.165, 1.54) is 0 Å². The Morgan fingerprint density at radius 2 is 1.22 bits per heavy atom. The van der Waals surface area contributed by atoms with Crippen molar-refractivity contribution in [3.8, 4) is 0 Å². The van der Waals surface area contributed by atoms with Crippen LogP contribution in [-0.4, -0.2) is 34.0 Å². The number of ketones is 1. The SMILES string of the molecule is CN(C)c1ccc(C(=C/C=C2/C(=O)C=Cc3ccccc32)c2ccc(N(C)C)cc2)cc1. The average Bonchev–Trinajstić information content (AvgIpc) is 2.81. The highest BCUT2D eigenvalue weighted by Crippen LogP contribution is 2.30. The standard InChI is InChI=1S/C29H28N2O/c1-30(2)24-14-9-22(10-15-24)26(23-11-16-25(17-12-23)31(3)4)18-19-28-27-8-6-5-7-21(27)13-20-29(28)32/h5-20H,1-4H3/b28-19+. The lowest BCUT2D eigenvalue weighted by Gasteiger charge is -2.16. The third kappa shape index (κ3) is 4.42. The molecule has 0 atom stereocenters. The topological polar surface area (TPSA) is 23.6 Å². The zero-order chi connectivity index (χ0) is 22.7. The van der Waals surface area contributed by atoms with E-state index in [0.717, 1.165) is 44.8 Å². The second-order valence-electron chi connectivity index (χ2n) is 8.33. The molecule has 3 aromatic rings. The predicted molar refractivity (Wildman–Crippen MR) is 137 cm³/mol. The van der Waals surface area contributed by atoms with Gasteiger partial charge in [0.2, 0.25) is 0 Å². The molecule has 0 radical (unpaired) electrons. The van der Waals surface area contributed by atoms with Crippen molar-refractivity contribution in [1.82, 2.24) is 0 Å². The van der Waals surface area contributed by atoms with Gasteiger partial charge in [-0.25, -0.2) is 0 Å². The van der Waals surface area contributed by atoms with Crippen LogP contribution < -0.4 is 9.80 Å². The number of fused-ring (bicyclic) bond motifs is 1. The summed E-state index contributed by atoms with van der Waals surface area (Å²) in [6.45, 7) is 0. The number of nitrogens with zero attached hydrogens (tertiary/aromatic N) is 2. The van der Waals surface area contributed by atoms with Gasteiger partial charge in [-0.15, -0.1) is 0 Å². The summed E-state index contributed by atoms with van der Waals surface area (Å²) in [5, 5.41) is 0. The second kappa shape index (κ2) is 9.11. The summed E-state index contributed by atoms with van der Waals surface area (Å²) in [6.07, 6.45) is 7.57. The molecule has 0 aliphatic heterocycles. The van der Waals surface area contributed by atoms with Crippen LogP contribution in [0.4, 0.5) is 11.4 Å². The van der Waals surface area contributed by atoms with E-state index in [1.54, 1.807) is 6.08 Å². The van der Waals surface area contributed by atoms with Crippen LogP contribution in [0.1, 0.15) is 22.3 Å². The summed E-state index contributed by atoms with van der Waals surface area (Å²) in [7, 11) is 8.15. The third-order valence-corrected chi connectivity index (χ3v) is 5.74. The van der Waals surface area contributed by atoms with Crippen molar-refractivity contribution in [3.05, 3.63) is 113 Å². The molecule has 0 fully saturated rings. The number of carbonyl (C=O) groups is 1. The Morgan fingerprint density at radius 1 is 0.688 bits per heavy atom. The summed E-state index contributed by atoms with van der Waals surface area (Å²) in [5.74, 6) is 0.0326. The van der Waals surface area contributed by atoms with Crippen molar-refractivity contribution >= 4 is 34.4 Å². The zero-order valence-corrected chi connectivity index (χ0v) is 19.0. The molecule has 32 heavy (non-hydrogen) atoms. The quantitative estimate of drug-likeness (QED) is 0.478. The minimum absolute atomic E-state index is 0.0326. The second-order valence-corrected chi connectivity index (χ2v) is 8.33. The van der Waals surface area contributed by atoms with Gasteiger partial charge in [0.1, 0.15) is 0 Å². The van der Waals surface area contributed by atoms with Gasteiger partial charge in [-0.2, -0.15) is 0 Å². The average molecular weight is 421 g/mol. The molecule has 1 aliphatic rings. The van der Waals surface area contributed by atoms with Crippen LogP contribution in [0.3, 0.4) is 0 Å². The molecule has 0 saturated heterocycles. The molecular weight excluding hydrogens is 392 g/mol. The first-order valence-electron chi connectivity index (χ1n) is 10.7. The summed E-state index contributed by atoms with van der Waals surface area (Å²) < 4.78 is 0. The Balaban J connectivity index is 1.82. The lowest BCUT2D eigenvalue weighted by atomic mass is 9.90. The number of rotatable bonds is 5. The van der Waals surface area contributed by atoms with Crippen molar-refractivity contribution < 1.29 is 4.79 Å². The lowest BCUT2D eigenvalue weighted by Crippen LogP contribution is -2.08. The maximum atomic E-state index is 12.7. The van der Waals surface area contributed by atoms with Gasteiger partial charge in [0.25, 0.3) is 0 Å². The van der Waals surface area contributed by atoms with E-state index < -0.39 is 0 Å². The number of allylic oxidation sites excluding steroid dienone is 4. The van der Waals surface area contributed by atoms with Crippen LogP contribution in [0.25, 0.3) is 17.2 Å². The predicted octanol–water partition coefficient (Wildman–Crippen LogP) is 5.93. The van der Waals surface area contributed by atoms with Crippen LogP contribution in [-0.2, 0) is 4.79 Å². The Kier molecular flexibility index (Phi) is 6.09. The van der Waals surface area contributed by atoms with E-state index in [2.05, 4.69) is 64.4 Å². The number of carbonyl (C=O) groups excluding carboxylic acids is 1. The molecule has 3 heteroatoms. The summed E-state index contributed by atoms with van der Waals surface area (Å²) in [6, 6.07) is 25.0. The molecule has 0 bridgehead atoms. The van der Waals surface area contributed by atoms with Crippen LogP contribution >= 0.6 is 0 Å². The molecule has 3 nitrogen and oxygen atoms in total. The number of hydrogen-bond donors (Lipinski definition) is 0. The van der Waals surface area contributed by atoms with Gasteiger partial charge in [0.15, 0.2) is 5.78 Å². The number of anilines is 2. The van der Waals surface area contributed by atoms with Crippen molar-refractivity contribution in [2.24, 2.45) is 0 Å². The molecule has 4 rings (SSSR count). The highest BCUT2D eigenvalue weighted by molar-refractivity contribution is 6.30. The normalized spacial score (nSPS) is 13.6. The van der Waals surface area contributed by atoms with Gasteiger partial charge in [-0.3, -0.25) is 4.79 Å². The molecule has 3 aromatic carbocycles. The Hall–Kier alpha value is -3.85. The van der Waals surface area contributed by atoms with E-state index in [9.17, 15) is 4.79 Å². The molecule has 0 aromatic heterocycles. The largest absolute Gasteiger partial charge is 0.378 e.